The van der Waals surface area contributed by atoms with Gasteiger partial charge in [0, 0.05) is 22.7 Å². The molecule has 21 heavy (non-hydrogen) atoms. The highest BCUT2D eigenvalue weighted by Crippen LogP contribution is 2.36. The van der Waals surface area contributed by atoms with E-state index in [0.717, 1.165) is 17.1 Å². The third-order valence-electron chi connectivity index (χ3n) is 3.41. The lowest BCUT2D eigenvalue weighted by Gasteiger charge is -2.24. The quantitative estimate of drug-likeness (QED) is 0.846. The van der Waals surface area contributed by atoms with Gasteiger partial charge in [-0.3, -0.25) is 0 Å². The van der Waals surface area contributed by atoms with Crippen LogP contribution in [0.3, 0.4) is 0 Å². The van der Waals surface area contributed by atoms with Gasteiger partial charge in [0.05, 0.1) is 0 Å². The average molecular weight is 304 g/mol. The van der Waals surface area contributed by atoms with Crippen molar-refractivity contribution in [3.63, 3.8) is 0 Å². The smallest absolute Gasteiger partial charge is 0.133 e. The summed E-state index contributed by atoms with van der Waals surface area (Å²) in [5.41, 5.74) is 9.12. The molecule has 0 radical (unpaired) electrons. The lowest BCUT2D eigenvalue weighted by molar-refractivity contribution is 0.450. The summed E-state index contributed by atoms with van der Waals surface area (Å²) in [5.74, 6) is 1.57. The van der Waals surface area contributed by atoms with Gasteiger partial charge in [-0.25, -0.2) is 0 Å². The molecule has 0 bridgehead atoms. The fourth-order valence-corrected chi connectivity index (χ4v) is 2.39. The van der Waals surface area contributed by atoms with E-state index in [9.17, 15) is 0 Å². The summed E-state index contributed by atoms with van der Waals surface area (Å²) in [6.45, 7) is 9.04. The maximum atomic E-state index is 6.13. The van der Waals surface area contributed by atoms with Crippen molar-refractivity contribution in [2.45, 2.75) is 39.7 Å². The Morgan fingerprint density at radius 1 is 1.05 bits per heavy atom. The minimum Gasteiger partial charge on any atom is -0.457 e. The molecule has 0 spiro atoms. The third kappa shape index (κ3) is 3.78. The number of benzene rings is 2. The molecular formula is C18H22ClNO. The Hall–Kier alpha value is -1.51. The first-order chi connectivity index (χ1) is 9.81. The lowest BCUT2D eigenvalue weighted by Crippen LogP contribution is -2.13. The fourth-order valence-electron chi connectivity index (χ4n) is 2.23. The Labute approximate surface area is 131 Å². The summed E-state index contributed by atoms with van der Waals surface area (Å²) < 4.78 is 6.13. The van der Waals surface area contributed by atoms with Crippen molar-refractivity contribution in [1.29, 1.82) is 0 Å². The first-order valence-corrected chi connectivity index (χ1v) is 7.46. The molecule has 0 saturated heterocycles. The van der Waals surface area contributed by atoms with Crippen LogP contribution in [0.5, 0.6) is 11.5 Å². The molecule has 0 aliphatic rings. The highest BCUT2D eigenvalue weighted by molar-refractivity contribution is 6.30. The molecule has 0 aliphatic heterocycles. The first-order valence-electron chi connectivity index (χ1n) is 7.09. The highest BCUT2D eigenvalue weighted by Gasteiger charge is 2.20. The van der Waals surface area contributed by atoms with Crippen LogP contribution in [0.1, 0.15) is 37.5 Å². The standard InChI is InChI=1S/C18H22ClNO/c1-12-5-8-16(15(9-12)18(2,3)4)21-17-10-14(19)7-6-13(17)11-20/h5-10H,11,20H2,1-4H3. The second kappa shape index (κ2) is 6.08. The number of rotatable bonds is 3. The number of nitrogens with two attached hydrogens (primary N) is 1. The van der Waals surface area contributed by atoms with E-state index in [1.807, 2.05) is 24.3 Å². The number of hydrogen-bond donors (Lipinski definition) is 1. The zero-order valence-corrected chi connectivity index (χ0v) is 13.8. The van der Waals surface area contributed by atoms with Gasteiger partial charge in [-0.05, 0) is 30.5 Å². The van der Waals surface area contributed by atoms with Crippen LogP contribution in [-0.4, -0.2) is 0 Å². The molecule has 0 aliphatic carbocycles. The van der Waals surface area contributed by atoms with Crippen molar-refractivity contribution in [3.05, 3.63) is 58.1 Å². The molecule has 2 aromatic carbocycles. The minimum absolute atomic E-state index is 0.00278. The summed E-state index contributed by atoms with van der Waals surface area (Å²) in [7, 11) is 0. The SMILES string of the molecule is Cc1ccc(Oc2cc(Cl)ccc2CN)c(C(C)(C)C)c1. The number of halogens is 1. The van der Waals surface area contributed by atoms with Crippen molar-refractivity contribution >= 4 is 11.6 Å². The van der Waals surface area contributed by atoms with E-state index in [2.05, 4.69) is 39.8 Å². The third-order valence-corrected chi connectivity index (χ3v) is 3.65. The van der Waals surface area contributed by atoms with Gasteiger partial charge in [0.15, 0.2) is 0 Å². The van der Waals surface area contributed by atoms with Gasteiger partial charge in [0.2, 0.25) is 0 Å². The second-order valence-electron chi connectivity index (χ2n) is 6.31. The average Bonchev–Trinajstić information content (AvgIpc) is 2.40. The molecule has 112 valence electrons. The second-order valence-corrected chi connectivity index (χ2v) is 6.74. The molecule has 2 aromatic rings. The van der Waals surface area contributed by atoms with E-state index in [0.29, 0.717) is 11.6 Å². The maximum absolute atomic E-state index is 6.13. The lowest BCUT2D eigenvalue weighted by atomic mass is 9.85. The predicted molar refractivity (Wildman–Crippen MR) is 89.3 cm³/mol. The number of ether oxygens (including phenoxy) is 1. The van der Waals surface area contributed by atoms with Gasteiger partial charge >= 0.3 is 0 Å². The van der Waals surface area contributed by atoms with Gasteiger partial charge in [-0.15, -0.1) is 0 Å². The summed E-state index contributed by atoms with van der Waals surface area (Å²) >= 11 is 6.07. The predicted octanol–water partition coefficient (Wildman–Crippen LogP) is 5.20. The fraction of sp³-hybridized carbons (Fsp3) is 0.333. The van der Waals surface area contributed by atoms with Gasteiger partial charge in [-0.1, -0.05) is 56.1 Å². The summed E-state index contributed by atoms with van der Waals surface area (Å²) in [6.07, 6.45) is 0. The van der Waals surface area contributed by atoms with Crippen molar-refractivity contribution in [3.8, 4) is 11.5 Å². The summed E-state index contributed by atoms with van der Waals surface area (Å²) in [4.78, 5) is 0. The Balaban J connectivity index is 2.47. The molecule has 0 fully saturated rings. The first kappa shape index (κ1) is 15.9. The van der Waals surface area contributed by atoms with E-state index >= 15 is 0 Å². The minimum atomic E-state index is 0.00278. The molecule has 0 saturated carbocycles. The molecule has 0 atom stereocenters. The van der Waals surface area contributed by atoms with Crippen LogP contribution in [0.15, 0.2) is 36.4 Å². The molecule has 2 nitrogen and oxygen atoms in total. The van der Waals surface area contributed by atoms with Gasteiger partial charge in [-0.2, -0.15) is 0 Å². The molecule has 2 N–H and O–H groups in total. The Morgan fingerprint density at radius 3 is 2.38 bits per heavy atom. The van der Waals surface area contributed by atoms with Crippen LogP contribution in [-0.2, 0) is 12.0 Å². The van der Waals surface area contributed by atoms with Crippen molar-refractivity contribution in [2.24, 2.45) is 5.73 Å². The van der Waals surface area contributed by atoms with E-state index in [4.69, 9.17) is 22.1 Å². The molecular weight excluding hydrogens is 282 g/mol. The van der Waals surface area contributed by atoms with E-state index in [1.165, 1.54) is 11.1 Å². The van der Waals surface area contributed by atoms with Crippen LogP contribution >= 0.6 is 11.6 Å². The van der Waals surface area contributed by atoms with Gasteiger partial charge in [0.25, 0.3) is 0 Å². The molecule has 0 aromatic heterocycles. The Kier molecular flexibility index (Phi) is 4.60. The van der Waals surface area contributed by atoms with Gasteiger partial charge < -0.3 is 10.5 Å². The monoisotopic (exact) mass is 303 g/mol. The van der Waals surface area contributed by atoms with Crippen LogP contribution in [0.2, 0.25) is 5.02 Å². The Morgan fingerprint density at radius 2 is 1.76 bits per heavy atom. The van der Waals surface area contributed by atoms with Crippen LogP contribution < -0.4 is 10.5 Å². The molecule has 0 amide bonds. The topological polar surface area (TPSA) is 35.2 Å². The zero-order chi connectivity index (χ0) is 15.6. The van der Waals surface area contributed by atoms with E-state index in [1.54, 1.807) is 0 Å². The molecule has 0 unspecified atom stereocenters. The van der Waals surface area contributed by atoms with E-state index in [-0.39, 0.29) is 5.41 Å². The Bertz CT molecular complexity index is 644. The van der Waals surface area contributed by atoms with E-state index < -0.39 is 0 Å². The largest absolute Gasteiger partial charge is 0.457 e. The summed E-state index contributed by atoms with van der Waals surface area (Å²) in [6, 6.07) is 11.8. The van der Waals surface area contributed by atoms with Crippen molar-refractivity contribution in [2.75, 3.05) is 0 Å². The van der Waals surface area contributed by atoms with Crippen molar-refractivity contribution in [1.82, 2.24) is 0 Å². The van der Waals surface area contributed by atoms with Crippen molar-refractivity contribution < 1.29 is 4.74 Å². The van der Waals surface area contributed by atoms with Crippen LogP contribution in [0.4, 0.5) is 0 Å². The molecule has 3 heteroatoms. The van der Waals surface area contributed by atoms with Gasteiger partial charge in [0.1, 0.15) is 11.5 Å². The zero-order valence-electron chi connectivity index (χ0n) is 13.0. The highest BCUT2D eigenvalue weighted by atomic mass is 35.5. The normalized spacial score (nSPS) is 11.5. The maximum Gasteiger partial charge on any atom is 0.133 e. The molecule has 2 rings (SSSR count). The molecule has 0 heterocycles. The number of aryl methyl sites for hydroxylation is 1. The van der Waals surface area contributed by atoms with Crippen LogP contribution in [0.25, 0.3) is 0 Å². The number of hydrogen-bond acceptors (Lipinski definition) is 2. The van der Waals surface area contributed by atoms with Crippen LogP contribution in [0, 0.1) is 6.92 Å². The summed E-state index contributed by atoms with van der Waals surface area (Å²) in [5, 5.41) is 0.645.